The number of anilines is 1. The molecule has 1 fully saturated rings. The molecule has 178 valence electrons. The summed E-state index contributed by atoms with van der Waals surface area (Å²) in [6.07, 6.45) is 0.759. The highest BCUT2D eigenvalue weighted by atomic mass is 16.5. The lowest BCUT2D eigenvalue weighted by Crippen LogP contribution is -2.42. The van der Waals surface area contributed by atoms with Crippen molar-refractivity contribution in [1.82, 2.24) is 10.2 Å². The van der Waals surface area contributed by atoms with Crippen molar-refractivity contribution < 1.29 is 23.9 Å². The molecule has 8 nitrogen and oxygen atoms in total. The van der Waals surface area contributed by atoms with Gasteiger partial charge >= 0.3 is 6.03 Å². The molecule has 0 spiro atoms. The van der Waals surface area contributed by atoms with Gasteiger partial charge in [0.25, 0.3) is 5.91 Å². The summed E-state index contributed by atoms with van der Waals surface area (Å²) >= 11 is 0. The maximum Gasteiger partial charge on any atom is 0.325 e. The van der Waals surface area contributed by atoms with E-state index in [4.69, 9.17) is 9.47 Å². The van der Waals surface area contributed by atoms with Crippen molar-refractivity contribution in [3.05, 3.63) is 78.4 Å². The van der Waals surface area contributed by atoms with Gasteiger partial charge in [-0.25, -0.2) is 4.79 Å². The van der Waals surface area contributed by atoms with E-state index in [1.165, 1.54) is 0 Å². The number of benzene rings is 3. The number of carbonyl (C=O) groups is 3. The number of nitrogens with zero attached hydrogens (tertiary/aromatic N) is 1. The molecule has 1 atom stereocenters. The fourth-order valence-corrected chi connectivity index (χ4v) is 4.23. The summed E-state index contributed by atoms with van der Waals surface area (Å²) < 4.78 is 11.4. The van der Waals surface area contributed by atoms with E-state index in [2.05, 4.69) is 10.6 Å². The van der Waals surface area contributed by atoms with Crippen LogP contribution in [0.25, 0.3) is 11.1 Å². The zero-order valence-corrected chi connectivity index (χ0v) is 19.2. The van der Waals surface area contributed by atoms with Crippen LogP contribution in [-0.2, 0) is 15.1 Å². The van der Waals surface area contributed by atoms with Gasteiger partial charge in [0.05, 0.1) is 13.2 Å². The molecule has 1 saturated heterocycles. The molecule has 2 heterocycles. The Morgan fingerprint density at radius 3 is 2.37 bits per heavy atom. The van der Waals surface area contributed by atoms with Crippen molar-refractivity contribution in [3.63, 3.8) is 0 Å². The number of nitrogens with one attached hydrogen (secondary N) is 2. The predicted molar refractivity (Wildman–Crippen MR) is 130 cm³/mol. The maximum atomic E-state index is 13.3. The van der Waals surface area contributed by atoms with E-state index in [9.17, 15) is 14.4 Å². The number of amides is 4. The number of hydrogen-bond donors (Lipinski definition) is 2. The summed E-state index contributed by atoms with van der Waals surface area (Å²) in [5.41, 5.74) is 1.90. The highest BCUT2D eigenvalue weighted by molar-refractivity contribution is 6.10. The van der Waals surface area contributed by atoms with Crippen LogP contribution in [0.1, 0.15) is 18.9 Å². The van der Waals surface area contributed by atoms with Gasteiger partial charge in [-0.05, 0) is 47.9 Å². The first-order valence-electron chi connectivity index (χ1n) is 11.4. The first kappa shape index (κ1) is 22.5. The van der Waals surface area contributed by atoms with Crippen LogP contribution >= 0.6 is 0 Å². The van der Waals surface area contributed by atoms with Gasteiger partial charge in [-0.1, -0.05) is 48.5 Å². The van der Waals surface area contributed by atoms with Crippen LogP contribution in [0.2, 0.25) is 0 Å². The molecule has 0 unspecified atom stereocenters. The minimum absolute atomic E-state index is 0.398. The van der Waals surface area contributed by atoms with Gasteiger partial charge in [0.15, 0.2) is 11.5 Å². The quantitative estimate of drug-likeness (QED) is 0.550. The smallest absolute Gasteiger partial charge is 0.325 e. The first-order valence-corrected chi connectivity index (χ1v) is 11.4. The lowest BCUT2D eigenvalue weighted by atomic mass is 9.91. The van der Waals surface area contributed by atoms with Crippen LogP contribution in [0.3, 0.4) is 0 Å². The fraction of sp³-hybridized carbons (Fsp3) is 0.222. The molecule has 8 heteroatoms. The standard InChI is InChI=1S/C27H25N3O5/c1-27(20-10-13-22-23(16-20)35-15-5-14-34-22)25(32)30(26(33)29-27)17-24(31)28-21-11-8-19(9-12-21)18-6-3-2-4-7-18/h2-4,6-13,16H,5,14-15,17H2,1H3,(H,28,31)(H,29,33)/t27-/m1/s1. The Bertz CT molecular complexity index is 1280. The number of urea groups is 1. The molecule has 35 heavy (non-hydrogen) atoms. The lowest BCUT2D eigenvalue weighted by Gasteiger charge is -2.23. The zero-order chi connectivity index (χ0) is 24.4. The third-order valence-corrected chi connectivity index (χ3v) is 6.18. The van der Waals surface area contributed by atoms with Crippen LogP contribution in [0.4, 0.5) is 10.5 Å². The second-order valence-electron chi connectivity index (χ2n) is 8.65. The highest BCUT2D eigenvalue weighted by Gasteiger charge is 2.49. The Hall–Kier alpha value is -4.33. The average molecular weight is 472 g/mol. The molecule has 0 radical (unpaired) electrons. The van der Waals surface area contributed by atoms with Gasteiger partial charge in [-0.15, -0.1) is 0 Å². The maximum absolute atomic E-state index is 13.3. The minimum Gasteiger partial charge on any atom is -0.490 e. The molecule has 0 saturated carbocycles. The van der Waals surface area contributed by atoms with Crippen LogP contribution in [-0.4, -0.2) is 42.5 Å². The van der Waals surface area contributed by atoms with Gasteiger partial charge in [0, 0.05) is 12.1 Å². The largest absolute Gasteiger partial charge is 0.490 e. The third-order valence-electron chi connectivity index (χ3n) is 6.18. The number of fused-ring (bicyclic) bond motifs is 1. The van der Waals surface area contributed by atoms with E-state index in [0.717, 1.165) is 22.4 Å². The summed E-state index contributed by atoms with van der Waals surface area (Å²) in [5, 5.41) is 5.48. The summed E-state index contributed by atoms with van der Waals surface area (Å²) in [6, 6.07) is 21.8. The molecule has 0 aromatic heterocycles. The molecule has 5 rings (SSSR count). The molecule has 2 aliphatic rings. The topological polar surface area (TPSA) is 97.0 Å². The summed E-state index contributed by atoms with van der Waals surface area (Å²) in [4.78, 5) is 39.5. The molecular formula is C27H25N3O5. The van der Waals surface area contributed by atoms with Gasteiger partial charge in [-0.3, -0.25) is 14.5 Å². The molecule has 0 aliphatic carbocycles. The second kappa shape index (κ2) is 9.13. The minimum atomic E-state index is -1.32. The Balaban J connectivity index is 1.27. The van der Waals surface area contributed by atoms with Crippen LogP contribution in [0.5, 0.6) is 11.5 Å². The lowest BCUT2D eigenvalue weighted by molar-refractivity contribution is -0.133. The van der Waals surface area contributed by atoms with Gasteiger partial charge in [0.1, 0.15) is 12.1 Å². The summed E-state index contributed by atoms with van der Waals surface area (Å²) in [7, 11) is 0. The molecular weight excluding hydrogens is 446 g/mol. The molecule has 3 aromatic carbocycles. The number of ether oxygens (including phenoxy) is 2. The van der Waals surface area contributed by atoms with Crippen LogP contribution in [0.15, 0.2) is 72.8 Å². The molecule has 2 aliphatic heterocycles. The third kappa shape index (κ3) is 4.42. The van der Waals surface area contributed by atoms with E-state index in [1.54, 1.807) is 37.3 Å². The Morgan fingerprint density at radius 1 is 0.943 bits per heavy atom. The summed E-state index contributed by atoms with van der Waals surface area (Å²) in [5.74, 6) is 0.148. The highest BCUT2D eigenvalue weighted by Crippen LogP contribution is 2.36. The average Bonchev–Trinajstić information content (AvgIpc) is 3.03. The zero-order valence-electron chi connectivity index (χ0n) is 19.2. The number of carbonyl (C=O) groups excluding carboxylic acids is 3. The van der Waals surface area contributed by atoms with E-state index in [0.29, 0.717) is 36.0 Å². The SMILES string of the molecule is C[C@]1(c2ccc3c(c2)OCCCO3)NC(=O)N(CC(=O)Nc2ccc(-c3ccccc3)cc2)C1=O. The van der Waals surface area contributed by atoms with Crippen molar-refractivity contribution in [2.45, 2.75) is 18.9 Å². The Morgan fingerprint density at radius 2 is 1.63 bits per heavy atom. The molecule has 2 N–H and O–H groups in total. The molecule has 0 bridgehead atoms. The van der Waals surface area contributed by atoms with Crippen molar-refractivity contribution >= 4 is 23.5 Å². The van der Waals surface area contributed by atoms with Crippen LogP contribution in [0, 0.1) is 0 Å². The molecule has 4 amide bonds. The van der Waals surface area contributed by atoms with Gasteiger partial charge < -0.3 is 20.1 Å². The normalized spacial score (nSPS) is 19.2. The first-order chi connectivity index (χ1) is 16.9. The van der Waals surface area contributed by atoms with Gasteiger partial charge in [-0.2, -0.15) is 0 Å². The summed E-state index contributed by atoms with van der Waals surface area (Å²) in [6.45, 7) is 2.28. The van der Waals surface area contributed by atoms with Crippen molar-refractivity contribution in [1.29, 1.82) is 0 Å². The second-order valence-corrected chi connectivity index (χ2v) is 8.65. The van der Waals surface area contributed by atoms with E-state index in [1.807, 2.05) is 42.5 Å². The van der Waals surface area contributed by atoms with Crippen molar-refractivity contribution in [2.24, 2.45) is 0 Å². The van der Waals surface area contributed by atoms with Crippen molar-refractivity contribution in [3.8, 4) is 22.6 Å². The Kier molecular flexibility index (Phi) is 5.86. The number of rotatable bonds is 5. The number of imide groups is 1. The van der Waals surface area contributed by atoms with E-state index in [-0.39, 0.29) is 0 Å². The number of hydrogen-bond acceptors (Lipinski definition) is 5. The fourth-order valence-electron chi connectivity index (χ4n) is 4.23. The van der Waals surface area contributed by atoms with E-state index < -0.39 is 29.9 Å². The monoisotopic (exact) mass is 471 g/mol. The van der Waals surface area contributed by atoms with Gasteiger partial charge in [0.2, 0.25) is 5.91 Å². The predicted octanol–water partition coefficient (Wildman–Crippen LogP) is 3.92. The van der Waals surface area contributed by atoms with Crippen molar-refractivity contribution in [2.75, 3.05) is 25.1 Å². The Labute approximate surface area is 202 Å². The molecule has 3 aromatic rings. The van der Waals surface area contributed by atoms with Crippen LogP contribution < -0.4 is 20.1 Å². The van der Waals surface area contributed by atoms with E-state index >= 15 is 0 Å².